The Bertz CT molecular complexity index is 262. The summed E-state index contributed by atoms with van der Waals surface area (Å²) >= 11 is 0. The van der Waals surface area contributed by atoms with Gasteiger partial charge in [0.05, 0.1) is 6.67 Å². The summed E-state index contributed by atoms with van der Waals surface area (Å²) in [5.41, 5.74) is 0. The van der Waals surface area contributed by atoms with E-state index in [9.17, 15) is 9.59 Å². The van der Waals surface area contributed by atoms with Crippen LogP contribution >= 0.6 is 0 Å². The predicted molar refractivity (Wildman–Crippen MR) is 56.5 cm³/mol. The molecule has 5 heteroatoms. The third kappa shape index (κ3) is 4.01. The minimum absolute atomic E-state index is 0.148. The van der Waals surface area contributed by atoms with Crippen molar-refractivity contribution in [1.29, 1.82) is 0 Å². The van der Waals surface area contributed by atoms with Gasteiger partial charge in [-0.15, -0.1) is 0 Å². The van der Waals surface area contributed by atoms with E-state index in [-0.39, 0.29) is 11.8 Å². The molecule has 0 aromatic carbocycles. The van der Waals surface area contributed by atoms with Gasteiger partial charge in [-0.05, 0) is 6.92 Å². The Morgan fingerprint density at radius 2 is 1.87 bits per heavy atom. The lowest BCUT2D eigenvalue weighted by atomic mass is 10.4. The van der Waals surface area contributed by atoms with E-state index in [0.29, 0.717) is 12.8 Å². The zero-order valence-corrected chi connectivity index (χ0v) is 9.19. The van der Waals surface area contributed by atoms with Crippen molar-refractivity contribution in [2.24, 2.45) is 0 Å². The number of imide groups is 1. The largest absolute Gasteiger partial charge is 0.362 e. The second kappa shape index (κ2) is 5.38. The van der Waals surface area contributed by atoms with Gasteiger partial charge in [-0.25, -0.2) is 0 Å². The van der Waals surface area contributed by atoms with E-state index in [1.807, 2.05) is 0 Å². The van der Waals surface area contributed by atoms with Crippen LogP contribution in [0.5, 0.6) is 0 Å². The second-order valence-corrected chi connectivity index (χ2v) is 3.57. The zero-order chi connectivity index (χ0) is 11.3. The fourth-order valence-corrected chi connectivity index (χ4v) is 1.30. The van der Waals surface area contributed by atoms with Gasteiger partial charge in [0.15, 0.2) is 0 Å². The fraction of sp³-hybridized carbons (Fsp3) is 0.600. The molecule has 0 aliphatic carbocycles. The van der Waals surface area contributed by atoms with Crippen LogP contribution in [0.3, 0.4) is 0 Å². The van der Waals surface area contributed by atoms with Crippen molar-refractivity contribution >= 4 is 11.8 Å². The first kappa shape index (κ1) is 11.6. The van der Waals surface area contributed by atoms with Crippen LogP contribution in [0.2, 0.25) is 0 Å². The van der Waals surface area contributed by atoms with E-state index in [1.54, 1.807) is 0 Å². The van der Waals surface area contributed by atoms with Crippen molar-refractivity contribution in [3.63, 3.8) is 0 Å². The summed E-state index contributed by atoms with van der Waals surface area (Å²) in [5, 5.41) is 2.14. The summed E-state index contributed by atoms with van der Waals surface area (Å²) in [6.07, 6.45) is 4.95. The van der Waals surface area contributed by atoms with E-state index >= 15 is 0 Å². The molecule has 0 saturated carbocycles. The number of carbonyl (C=O) groups excluding carboxylic acids is 2. The molecule has 1 N–H and O–H groups in total. The second-order valence-electron chi connectivity index (χ2n) is 3.57. The average Bonchev–Trinajstić information content (AvgIpc) is 2.76. The molecule has 2 rings (SSSR count). The Hall–Kier alpha value is -1.52. The summed E-state index contributed by atoms with van der Waals surface area (Å²) in [4.78, 5) is 24.6. The number of carbonyl (C=O) groups is 2. The maximum absolute atomic E-state index is 10.1. The first-order chi connectivity index (χ1) is 7.11. The van der Waals surface area contributed by atoms with Gasteiger partial charge < -0.3 is 9.80 Å². The lowest BCUT2D eigenvalue weighted by molar-refractivity contribution is -0.124. The van der Waals surface area contributed by atoms with E-state index in [1.165, 1.54) is 0 Å². The molecule has 0 aromatic heterocycles. The van der Waals surface area contributed by atoms with Gasteiger partial charge >= 0.3 is 0 Å². The minimum Gasteiger partial charge on any atom is -0.362 e. The van der Waals surface area contributed by atoms with Crippen molar-refractivity contribution in [3.8, 4) is 0 Å². The predicted octanol–water partition coefficient (Wildman–Crippen LogP) is 0.105. The van der Waals surface area contributed by atoms with Gasteiger partial charge in [-0.2, -0.15) is 0 Å². The molecule has 2 amide bonds. The molecule has 2 aliphatic heterocycles. The number of amides is 2. The average molecular weight is 211 g/mol. The van der Waals surface area contributed by atoms with Crippen molar-refractivity contribution in [2.45, 2.75) is 19.8 Å². The maximum atomic E-state index is 10.1. The summed E-state index contributed by atoms with van der Waals surface area (Å²) in [5.74, 6) is -0.296. The lowest BCUT2D eigenvalue weighted by Gasteiger charge is -2.14. The molecule has 0 bridgehead atoms. The van der Waals surface area contributed by atoms with E-state index < -0.39 is 0 Å². The molecular formula is C10H17N3O2. The third-order valence-electron chi connectivity index (χ3n) is 2.20. The highest BCUT2D eigenvalue weighted by molar-refractivity contribution is 6.01. The van der Waals surface area contributed by atoms with Crippen molar-refractivity contribution in [1.82, 2.24) is 15.1 Å². The molecule has 5 nitrogen and oxygen atoms in total. The first-order valence-corrected chi connectivity index (χ1v) is 5.07. The molecule has 1 saturated heterocycles. The summed E-state index contributed by atoms with van der Waals surface area (Å²) in [6, 6.07) is 0. The smallest absolute Gasteiger partial charge is 0.227 e. The fourth-order valence-electron chi connectivity index (χ4n) is 1.30. The van der Waals surface area contributed by atoms with Gasteiger partial charge in [0.1, 0.15) is 0 Å². The molecular weight excluding hydrogens is 194 g/mol. The summed E-state index contributed by atoms with van der Waals surface area (Å²) < 4.78 is 0. The number of rotatable bonds is 1. The topological polar surface area (TPSA) is 52.7 Å². The zero-order valence-electron chi connectivity index (χ0n) is 9.19. The van der Waals surface area contributed by atoms with Gasteiger partial charge in [0, 0.05) is 38.8 Å². The standard InChI is InChI=1S/C6H12N2.C4H5NO2/c1-3-8-5-4-7(2)6-8;6-3-1-2-4(7)5-3/h4-5H,3,6H2,1-2H3;1-2H2,(H,5,6,7). The molecule has 2 aliphatic rings. The Labute approximate surface area is 89.7 Å². The van der Waals surface area contributed by atoms with Crippen LogP contribution in [0.4, 0.5) is 0 Å². The van der Waals surface area contributed by atoms with Crippen molar-refractivity contribution in [3.05, 3.63) is 12.4 Å². The lowest BCUT2D eigenvalue weighted by Crippen LogP contribution is -2.21. The number of hydrogen-bond acceptors (Lipinski definition) is 4. The molecule has 1 fully saturated rings. The molecule has 0 spiro atoms. The Morgan fingerprint density at radius 3 is 2.07 bits per heavy atom. The van der Waals surface area contributed by atoms with Gasteiger partial charge in [-0.1, -0.05) is 0 Å². The Balaban J connectivity index is 0.000000151. The molecule has 84 valence electrons. The highest BCUT2D eigenvalue weighted by Crippen LogP contribution is 2.00. The number of nitrogens with zero attached hydrogens (tertiary/aromatic N) is 2. The van der Waals surface area contributed by atoms with Crippen molar-refractivity contribution in [2.75, 3.05) is 20.3 Å². The van der Waals surface area contributed by atoms with Crippen LogP contribution in [0.15, 0.2) is 12.4 Å². The van der Waals surface area contributed by atoms with Crippen LogP contribution in [0.25, 0.3) is 0 Å². The summed E-state index contributed by atoms with van der Waals surface area (Å²) in [6.45, 7) is 4.32. The molecule has 2 heterocycles. The van der Waals surface area contributed by atoms with Gasteiger partial charge in [-0.3, -0.25) is 14.9 Å². The molecule has 0 unspecified atom stereocenters. The molecule has 0 atom stereocenters. The minimum atomic E-state index is -0.148. The highest BCUT2D eigenvalue weighted by atomic mass is 16.2. The molecule has 15 heavy (non-hydrogen) atoms. The van der Waals surface area contributed by atoms with Crippen molar-refractivity contribution < 1.29 is 9.59 Å². The van der Waals surface area contributed by atoms with Crippen LogP contribution in [0.1, 0.15) is 19.8 Å². The SMILES string of the molecule is CCN1C=CN(C)C1.O=C1CCC(=O)N1. The van der Waals surface area contributed by atoms with Crippen LogP contribution in [0, 0.1) is 0 Å². The molecule has 0 aromatic rings. The first-order valence-electron chi connectivity index (χ1n) is 5.07. The quantitative estimate of drug-likeness (QED) is 0.625. The normalized spacial score (nSPS) is 19.1. The van der Waals surface area contributed by atoms with E-state index in [4.69, 9.17) is 0 Å². The number of nitrogens with one attached hydrogen (secondary N) is 1. The van der Waals surface area contributed by atoms with Crippen LogP contribution in [-0.2, 0) is 9.59 Å². The summed E-state index contributed by atoms with van der Waals surface area (Å²) in [7, 11) is 2.08. The highest BCUT2D eigenvalue weighted by Gasteiger charge is 2.15. The van der Waals surface area contributed by atoms with Gasteiger partial charge in [0.2, 0.25) is 11.8 Å². The van der Waals surface area contributed by atoms with Crippen LogP contribution in [-0.4, -0.2) is 41.9 Å². The Morgan fingerprint density at radius 1 is 1.27 bits per heavy atom. The molecule has 0 radical (unpaired) electrons. The van der Waals surface area contributed by atoms with Crippen LogP contribution < -0.4 is 5.32 Å². The van der Waals surface area contributed by atoms with E-state index in [0.717, 1.165) is 13.2 Å². The Kier molecular flexibility index (Phi) is 4.15. The van der Waals surface area contributed by atoms with E-state index in [2.05, 4.69) is 41.5 Å². The maximum Gasteiger partial charge on any atom is 0.227 e. The van der Waals surface area contributed by atoms with Gasteiger partial charge in [0.25, 0.3) is 0 Å². The third-order valence-corrected chi connectivity index (χ3v) is 2.20. The number of hydrogen-bond donors (Lipinski definition) is 1. The monoisotopic (exact) mass is 211 g/mol.